The van der Waals surface area contributed by atoms with Crippen molar-refractivity contribution < 1.29 is 4.74 Å². The molecule has 0 radical (unpaired) electrons. The highest BCUT2D eigenvalue weighted by molar-refractivity contribution is 5.30. The Bertz CT molecular complexity index is 474. The molecule has 1 aromatic carbocycles. The molecule has 1 aliphatic carbocycles. The number of benzene rings is 1. The van der Waals surface area contributed by atoms with Gasteiger partial charge in [-0.3, -0.25) is 0 Å². The molecule has 4 rings (SSSR count). The van der Waals surface area contributed by atoms with Gasteiger partial charge in [-0.05, 0) is 37.7 Å². The van der Waals surface area contributed by atoms with E-state index in [4.69, 9.17) is 4.74 Å². The Hall–Kier alpha value is -0.860. The van der Waals surface area contributed by atoms with E-state index in [0.29, 0.717) is 11.5 Å². The standard InChI is InChI=1S/C19H27NO/c1-3-7-16(8-4-1)18(14-20-15-18)13-17-9-12-19(21-17)10-5-2-6-11-19/h1,3-4,7-8,17,20H,2,5-6,9-15H2. The van der Waals surface area contributed by atoms with Gasteiger partial charge in [0.05, 0.1) is 11.7 Å². The Morgan fingerprint density at radius 3 is 2.43 bits per heavy atom. The first-order chi connectivity index (χ1) is 10.3. The van der Waals surface area contributed by atoms with E-state index in [1.165, 1.54) is 56.9 Å². The molecule has 0 bridgehead atoms. The summed E-state index contributed by atoms with van der Waals surface area (Å²) in [7, 11) is 0. The van der Waals surface area contributed by atoms with E-state index in [9.17, 15) is 0 Å². The molecule has 1 saturated carbocycles. The van der Waals surface area contributed by atoms with E-state index < -0.39 is 0 Å². The third kappa shape index (κ3) is 2.53. The molecule has 2 heteroatoms. The Morgan fingerprint density at radius 2 is 1.76 bits per heavy atom. The second-order valence-corrected chi connectivity index (χ2v) is 7.48. The molecule has 21 heavy (non-hydrogen) atoms. The minimum absolute atomic E-state index is 0.262. The van der Waals surface area contributed by atoms with E-state index in [1.54, 1.807) is 0 Å². The third-order valence-corrected chi connectivity index (χ3v) is 6.03. The largest absolute Gasteiger partial charge is 0.372 e. The molecule has 1 aromatic rings. The summed E-state index contributed by atoms with van der Waals surface area (Å²) < 4.78 is 6.62. The van der Waals surface area contributed by atoms with Crippen molar-refractivity contribution in [1.29, 1.82) is 0 Å². The van der Waals surface area contributed by atoms with Gasteiger partial charge in [-0.2, -0.15) is 0 Å². The molecule has 2 heterocycles. The van der Waals surface area contributed by atoms with Gasteiger partial charge >= 0.3 is 0 Å². The average Bonchev–Trinajstić information content (AvgIpc) is 2.87. The van der Waals surface area contributed by atoms with Crippen LogP contribution in [0.5, 0.6) is 0 Å². The molecule has 3 fully saturated rings. The molecule has 114 valence electrons. The summed E-state index contributed by atoms with van der Waals surface area (Å²) in [6.45, 7) is 2.23. The van der Waals surface area contributed by atoms with Gasteiger partial charge < -0.3 is 10.1 Å². The second kappa shape index (κ2) is 5.40. The second-order valence-electron chi connectivity index (χ2n) is 7.48. The molecule has 1 unspecified atom stereocenters. The van der Waals surface area contributed by atoms with Gasteiger partial charge in [0.15, 0.2) is 0 Å². The topological polar surface area (TPSA) is 21.3 Å². The number of ether oxygens (including phenoxy) is 1. The molecule has 2 aliphatic heterocycles. The average molecular weight is 285 g/mol. The zero-order chi connectivity index (χ0) is 14.2. The number of nitrogens with one attached hydrogen (secondary N) is 1. The number of rotatable bonds is 3. The fraction of sp³-hybridized carbons (Fsp3) is 0.684. The van der Waals surface area contributed by atoms with E-state index in [-0.39, 0.29) is 5.60 Å². The highest BCUT2D eigenvalue weighted by atomic mass is 16.5. The van der Waals surface area contributed by atoms with Gasteiger partial charge in [0.1, 0.15) is 0 Å². The van der Waals surface area contributed by atoms with Gasteiger partial charge in [0.2, 0.25) is 0 Å². The van der Waals surface area contributed by atoms with Crippen LogP contribution in [0.3, 0.4) is 0 Å². The summed E-state index contributed by atoms with van der Waals surface area (Å²) in [6, 6.07) is 11.1. The van der Waals surface area contributed by atoms with Crippen LogP contribution in [0.25, 0.3) is 0 Å². The van der Waals surface area contributed by atoms with Crippen LogP contribution in [0.1, 0.15) is 56.9 Å². The van der Waals surface area contributed by atoms with Crippen LogP contribution in [0.4, 0.5) is 0 Å². The maximum Gasteiger partial charge on any atom is 0.0687 e. The summed E-state index contributed by atoms with van der Waals surface area (Å²) in [4.78, 5) is 0. The summed E-state index contributed by atoms with van der Waals surface area (Å²) in [5.41, 5.74) is 2.08. The monoisotopic (exact) mass is 285 g/mol. The minimum Gasteiger partial charge on any atom is -0.372 e. The number of hydrogen-bond donors (Lipinski definition) is 1. The highest BCUT2D eigenvalue weighted by Gasteiger charge is 2.46. The van der Waals surface area contributed by atoms with E-state index >= 15 is 0 Å². The van der Waals surface area contributed by atoms with Crippen molar-refractivity contribution in [1.82, 2.24) is 5.32 Å². The van der Waals surface area contributed by atoms with Crippen LogP contribution in [0.15, 0.2) is 30.3 Å². The lowest BCUT2D eigenvalue weighted by Gasteiger charge is -2.45. The Kier molecular flexibility index (Phi) is 3.55. The molecule has 0 aromatic heterocycles. The lowest BCUT2D eigenvalue weighted by Crippen LogP contribution is -2.58. The van der Waals surface area contributed by atoms with Crippen LogP contribution in [0, 0.1) is 0 Å². The van der Waals surface area contributed by atoms with E-state index in [0.717, 1.165) is 13.1 Å². The zero-order valence-electron chi connectivity index (χ0n) is 12.9. The Labute approximate surface area is 128 Å². The van der Waals surface area contributed by atoms with Gasteiger partial charge in [-0.15, -0.1) is 0 Å². The first-order valence-electron chi connectivity index (χ1n) is 8.75. The molecule has 3 aliphatic rings. The number of hydrogen-bond acceptors (Lipinski definition) is 2. The maximum atomic E-state index is 6.62. The maximum absolute atomic E-state index is 6.62. The van der Waals surface area contributed by atoms with Gasteiger partial charge in [0.25, 0.3) is 0 Å². The molecule has 1 spiro atoms. The van der Waals surface area contributed by atoms with Gasteiger partial charge in [0, 0.05) is 18.5 Å². The Balaban J connectivity index is 1.46. The third-order valence-electron chi connectivity index (χ3n) is 6.03. The predicted octanol–water partition coefficient (Wildman–Crippen LogP) is 3.80. The summed E-state index contributed by atoms with van der Waals surface area (Å²) >= 11 is 0. The summed E-state index contributed by atoms with van der Waals surface area (Å²) in [5.74, 6) is 0. The minimum atomic E-state index is 0.262. The van der Waals surface area contributed by atoms with Crippen LogP contribution >= 0.6 is 0 Å². The van der Waals surface area contributed by atoms with Gasteiger partial charge in [-0.1, -0.05) is 49.6 Å². The molecular weight excluding hydrogens is 258 g/mol. The molecule has 1 N–H and O–H groups in total. The first kappa shape index (κ1) is 13.8. The summed E-state index contributed by atoms with van der Waals surface area (Å²) in [5, 5.41) is 3.49. The zero-order valence-corrected chi connectivity index (χ0v) is 12.9. The van der Waals surface area contributed by atoms with E-state index in [2.05, 4.69) is 35.6 Å². The fourth-order valence-corrected chi connectivity index (χ4v) is 4.72. The van der Waals surface area contributed by atoms with Crippen LogP contribution in [-0.2, 0) is 10.2 Å². The normalized spacial score (nSPS) is 30.2. The van der Waals surface area contributed by atoms with Crippen molar-refractivity contribution >= 4 is 0 Å². The smallest absolute Gasteiger partial charge is 0.0687 e. The van der Waals surface area contributed by atoms with Crippen molar-refractivity contribution in [3.8, 4) is 0 Å². The van der Waals surface area contributed by atoms with Crippen molar-refractivity contribution in [3.05, 3.63) is 35.9 Å². The molecular formula is C19H27NO. The SMILES string of the molecule is c1ccc(C2(CC3CCC4(CCCCC4)O3)CNC2)cc1. The molecule has 2 saturated heterocycles. The van der Waals surface area contributed by atoms with Crippen LogP contribution in [-0.4, -0.2) is 24.8 Å². The lowest BCUT2D eigenvalue weighted by atomic mass is 9.71. The molecule has 0 amide bonds. The highest BCUT2D eigenvalue weighted by Crippen LogP contribution is 2.45. The van der Waals surface area contributed by atoms with Crippen LogP contribution < -0.4 is 5.32 Å². The van der Waals surface area contributed by atoms with Crippen molar-refractivity contribution in [2.75, 3.05) is 13.1 Å². The summed E-state index contributed by atoms with van der Waals surface area (Å²) in [6.07, 6.45) is 11.0. The van der Waals surface area contributed by atoms with Crippen molar-refractivity contribution in [2.24, 2.45) is 0 Å². The van der Waals surface area contributed by atoms with Crippen molar-refractivity contribution in [3.63, 3.8) is 0 Å². The van der Waals surface area contributed by atoms with Crippen molar-refractivity contribution in [2.45, 2.75) is 68.5 Å². The molecule has 1 atom stereocenters. The Morgan fingerprint density at radius 1 is 1.00 bits per heavy atom. The molecule has 2 nitrogen and oxygen atoms in total. The lowest BCUT2D eigenvalue weighted by molar-refractivity contribution is -0.0743. The fourth-order valence-electron chi connectivity index (χ4n) is 4.72. The predicted molar refractivity (Wildman–Crippen MR) is 85.5 cm³/mol. The quantitative estimate of drug-likeness (QED) is 0.912. The first-order valence-corrected chi connectivity index (χ1v) is 8.75. The van der Waals surface area contributed by atoms with Crippen LogP contribution in [0.2, 0.25) is 0 Å². The van der Waals surface area contributed by atoms with Gasteiger partial charge in [-0.25, -0.2) is 0 Å². The van der Waals surface area contributed by atoms with E-state index in [1.807, 2.05) is 0 Å².